The minimum absolute atomic E-state index is 0.335. The van der Waals surface area contributed by atoms with E-state index < -0.39 is 0 Å². The zero-order chi connectivity index (χ0) is 14.5. The number of hydrogen-bond acceptors (Lipinski definition) is 3. The van der Waals surface area contributed by atoms with Crippen molar-refractivity contribution in [2.24, 2.45) is 0 Å². The molecule has 0 saturated heterocycles. The van der Waals surface area contributed by atoms with Gasteiger partial charge in [-0.05, 0) is 29.8 Å². The Kier molecular flexibility index (Phi) is 4.88. The van der Waals surface area contributed by atoms with Gasteiger partial charge in [0, 0.05) is 11.1 Å². The van der Waals surface area contributed by atoms with Gasteiger partial charge in [-0.25, -0.2) is 4.79 Å². The maximum absolute atomic E-state index is 11.3. The Morgan fingerprint density at radius 1 is 1.10 bits per heavy atom. The number of carbonyl (C=O) groups excluding carboxylic acids is 1. The number of hydrogen-bond donors (Lipinski definition) is 0. The molecule has 2 aromatic carbocycles. The molecule has 0 N–H and O–H groups in total. The second-order valence-electron chi connectivity index (χ2n) is 4.05. The Hall–Kier alpha value is -1.71. The van der Waals surface area contributed by atoms with E-state index in [1.165, 1.54) is 7.11 Å². The first-order valence-corrected chi connectivity index (χ1v) is 6.61. The summed E-state index contributed by atoms with van der Waals surface area (Å²) in [6.07, 6.45) is 0. The maximum Gasteiger partial charge on any atom is 0.337 e. The number of halogens is 2. The van der Waals surface area contributed by atoms with E-state index in [1.807, 2.05) is 0 Å². The van der Waals surface area contributed by atoms with Crippen molar-refractivity contribution in [2.45, 2.75) is 6.61 Å². The van der Waals surface area contributed by atoms with E-state index in [1.54, 1.807) is 42.5 Å². The normalized spacial score (nSPS) is 10.2. The van der Waals surface area contributed by atoms with Crippen LogP contribution in [0.15, 0.2) is 42.5 Å². The lowest BCUT2D eigenvalue weighted by Crippen LogP contribution is -2.02. The maximum atomic E-state index is 11.3. The van der Waals surface area contributed by atoms with E-state index in [0.717, 1.165) is 5.56 Å². The summed E-state index contributed by atoms with van der Waals surface area (Å²) in [5.74, 6) is 0.159. The molecule has 0 aliphatic heterocycles. The minimum atomic E-state index is -0.365. The Labute approximate surface area is 127 Å². The molecule has 0 amide bonds. The number of carbonyl (C=O) groups is 1. The molecule has 0 bridgehead atoms. The van der Waals surface area contributed by atoms with E-state index in [9.17, 15) is 4.79 Å². The standard InChI is InChI=1S/C15H12Cl2O3/c1-19-15(18)11-4-2-10(3-5-11)9-20-14-8-12(16)6-7-13(14)17/h2-8H,9H2,1H3. The highest BCUT2D eigenvalue weighted by Gasteiger charge is 2.06. The predicted molar refractivity (Wildman–Crippen MR) is 78.6 cm³/mol. The van der Waals surface area contributed by atoms with Crippen LogP contribution < -0.4 is 4.74 Å². The summed E-state index contributed by atoms with van der Waals surface area (Å²) < 4.78 is 10.2. The van der Waals surface area contributed by atoms with Crippen molar-refractivity contribution in [1.82, 2.24) is 0 Å². The largest absolute Gasteiger partial charge is 0.487 e. The van der Waals surface area contributed by atoms with Gasteiger partial charge in [0.25, 0.3) is 0 Å². The van der Waals surface area contributed by atoms with Crippen molar-refractivity contribution < 1.29 is 14.3 Å². The zero-order valence-corrected chi connectivity index (χ0v) is 12.2. The zero-order valence-electron chi connectivity index (χ0n) is 10.7. The van der Waals surface area contributed by atoms with Crippen molar-refractivity contribution >= 4 is 29.2 Å². The molecule has 0 aliphatic carbocycles. The molecule has 2 aromatic rings. The first-order chi connectivity index (χ1) is 9.60. The Bertz CT molecular complexity index is 609. The Morgan fingerprint density at radius 3 is 2.45 bits per heavy atom. The van der Waals surface area contributed by atoms with E-state index >= 15 is 0 Å². The van der Waals surface area contributed by atoms with Crippen molar-refractivity contribution in [3.8, 4) is 5.75 Å². The summed E-state index contributed by atoms with van der Waals surface area (Å²) >= 11 is 11.9. The summed E-state index contributed by atoms with van der Waals surface area (Å²) in [6, 6.07) is 12.0. The lowest BCUT2D eigenvalue weighted by atomic mass is 10.1. The highest BCUT2D eigenvalue weighted by atomic mass is 35.5. The monoisotopic (exact) mass is 310 g/mol. The van der Waals surface area contributed by atoms with Gasteiger partial charge in [0.2, 0.25) is 0 Å². The molecule has 0 radical (unpaired) electrons. The van der Waals surface area contributed by atoms with Crippen LogP contribution in [0.25, 0.3) is 0 Å². The molecule has 104 valence electrons. The number of ether oxygens (including phenoxy) is 2. The molecule has 0 fully saturated rings. The first-order valence-electron chi connectivity index (χ1n) is 5.85. The Balaban J connectivity index is 2.04. The third kappa shape index (κ3) is 3.65. The van der Waals surface area contributed by atoms with Crippen molar-refractivity contribution in [1.29, 1.82) is 0 Å². The fourth-order valence-electron chi connectivity index (χ4n) is 1.60. The molecule has 5 heteroatoms. The fourth-order valence-corrected chi connectivity index (χ4v) is 1.94. The molecular weight excluding hydrogens is 299 g/mol. The van der Waals surface area contributed by atoms with Crippen LogP contribution in [-0.4, -0.2) is 13.1 Å². The van der Waals surface area contributed by atoms with Gasteiger partial charge >= 0.3 is 5.97 Å². The second kappa shape index (κ2) is 6.64. The van der Waals surface area contributed by atoms with Gasteiger partial charge in [0.05, 0.1) is 17.7 Å². The SMILES string of the molecule is COC(=O)c1ccc(COc2cc(Cl)ccc2Cl)cc1. The first kappa shape index (κ1) is 14.7. The molecule has 0 saturated carbocycles. The summed E-state index contributed by atoms with van der Waals surface area (Å²) in [5.41, 5.74) is 1.41. The van der Waals surface area contributed by atoms with Gasteiger partial charge in [-0.3, -0.25) is 0 Å². The van der Waals surface area contributed by atoms with Crippen LogP contribution in [0.4, 0.5) is 0 Å². The average molecular weight is 311 g/mol. The van der Waals surface area contributed by atoms with Crippen LogP contribution in [0.2, 0.25) is 10.0 Å². The minimum Gasteiger partial charge on any atom is -0.487 e. The highest BCUT2D eigenvalue weighted by Crippen LogP contribution is 2.28. The van der Waals surface area contributed by atoms with Crippen LogP contribution in [0.3, 0.4) is 0 Å². The molecule has 3 nitrogen and oxygen atoms in total. The van der Waals surface area contributed by atoms with Crippen LogP contribution in [-0.2, 0) is 11.3 Å². The van der Waals surface area contributed by atoms with Crippen LogP contribution in [0, 0.1) is 0 Å². The summed E-state index contributed by atoms with van der Waals surface area (Å²) in [5, 5.41) is 1.06. The third-order valence-corrected chi connectivity index (χ3v) is 3.21. The number of methoxy groups -OCH3 is 1. The molecule has 0 unspecified atom stereocenters. The lowest BCUT2D eigenvalue weighted by molar-refractivity contribution is 0.0600. The lowest BCUT2D eigenvalue weighted by Gasteiger charge is -2.09. The summed E-state index contributed by atoms with van der Waals surface area (Å²) in [7, 11) is 1.35. The fraction of sp³-hybridized carbons (Fsp3) is 0.133. The van der Waals surface area contributed by atoms with E-state index in [0.29, 0.717) is 28.0 Å². The number of esters is 1. The molecular formula is C15H12Cl2O3. The number of benzene rings is 2. The average Bonchev–Trinajstić information content (AvgIpc) is 2.48. The second-order valence-corrected chi connectivity index (χ2v) is 4.90. The van der Waals surface area contributed by atoms with Crippen LogP contribution in [0.5, 0.6) is 5.75 Å². The smallest absolute Gasteiger partial charge is 0.337 e. The van der Waals surface area contributed by atoms with Gasteiger partial charge in [-0.2, -0.15) is 0 Å². The van der Waals surface area contributed by atoms with E-state index in [2.05, 4.69) is 4.74 Å². The molecule has 0 aliphatic rings. The van der Waals surface area contributed by atoms with Crippen molar-refractivity contribution in [2.75, 3.05) is 7.11 Å². The molecule has 0 atom stereocenters. The van der Waals surface area contributed by atoms with Crippen molar-refractivity contribution in [3.05, 3.63) is 63.6 Å². The van der Waals surface area contributed by atoms with Crippen molar-refractivity contribution in [3.63, 3.8) is 0 Å². The van der Waals surface area contributed by atoms with Gasteiger partial charge in [0.1, 0.15) is 12.4 Å². The summed E-state index contributed by atoms with van der Waals surface area (Å²) in [6.45, 7) is 0.335. The third-order valence-electron chi connectivity index (χ3n) is 2.66. The molecule has 2 rings (SSSR count). The number of rotatable bonds is 4. The van der Waals surface area contributed by atoms with Gasteiger partial charge < -0.3 is 9.47 Å². The quantitative estimate of drug-likeness (QED) is 0.787. The molecule has 0 aromatic heterocycles. The molecule has 20 heavy (non-hydrogen) atoms. The molecule has 0 spiro atoms. The predicted octanol–water partition coefficient (Wildman–Crippen LogP) is 4.36. The van der Waals surface area contributed by atoms with Gasteiger partial charge in [-0.15, -0.1) is 0 Å². The van der Waals surface area contributed by atoms with E-state index in [-0.39, 0.29) is 5.97 Å². The molecule has 0 heterocycles. The van der Waals surface area contributed by atoms with Crippen LogP contribution in [0.1, 0.15) is 15.9 Å². The topological polar surface area (TPSA) is 35.5 Å². The Morgan fingerprint density at radius 2 is 1.80 bits per heavy atom. The van der Waals surface area contributed by atoms with Crippen LogP contribution >= 0.6 is 23.2 Å². The van der Waals surface area contributed by atoms with Gasteiger partial charge in [0.15, 0.2) is 0 Å². The highest BCUT2D eigenvalue weighted by molar-refractivity contribution is 6.34. The van der Waals surface area contributed by atoms with E-state index in [4.69, 9.17) is 27.9 Å². The van der Waals surface area contributed by atoms with Gasteiger partial charge in [-0.1, -0.05) is 35.3 Å². The summed E-state index contributed by atoms with van der Waals surface area (Å²) in [4.78, 5) is 11.3.